The molecule has 3 nitrogen and oxygen atoms in total. The Labute approximate surface area is 125 Å². The summed E-state index contributed by atoms with van der Waals surface area (Å²) in [5.41, 5.74) is 0.428. The molecule has 0 bridgehead atoms. The Morgan fingerprint density at radius 1 is 1.05 bits per heavy atom. The molecule has 0 spiro atoms. The van der Waals surface area contributed by atoms with Crippen molar-refractivity contribution in [1.82, 2.24) is 10.2 Å². The Morgan fingerprint density at radius 3 is 2.30 bits per heavy atom. The molecular formula is C17H34N2O. The van der Waals surface area contributed by atoms with Gasteiger partial charge in [0.2, 0.25) is 0 Å². The molecular weight excluding hydrogens is 248 g/mol. The van der Waals surface area contributed by atoms with Gasteiger partial charge < -0.3 is 15.3 Å². The molecule has 0 aromatic heterocycles. The van der Waals surface area contributed by atoms with Crippen LogP contribution in [0.5, 0.6) is 0 Å². The summed E-state index contributed by atoms with van der Waals surface area (Å²) in [7, 11) is 4.32. The molecule has 0 saturated heterocycles. The predicted molar refractivity (Wildman–Crippen MR) is 85.0 cm³/mol. The third-order valence-electron chi connectivity index (χ3n) is 5.56. The van der Waals surface area contributed by atoms with Crippen molar-refractivity contribution in [3.05, 3.63) is 0 Å². The first-order valence-electron chi connectivity index (χ1n) is 8.70. The topological polar surface area (TPSA) is 35.5 Å². The van der Waals surface area contributed by atoms with Crippen LogP contribution in [0.2, 0.25) is 0 Å². The molecule has 0 radical (unpaired) electrons. The molecule has 2 saturated carbocycles. The maximum Gasteiger partial charge on any atom is 0.0695 e. The van der Waals surface area contributed by atoms with E-state index >= 15 is 0 Å². The Kier molecular flexibility index (Phi) is 6.31. The van der Waals surface area contributed by atoms with Crippen molar-refractivity contribution in [1.29, 1.82) is 0 Å². The largest absolute Gasteiger partial charge is 0.391 e. The van der Waals surface area contributed by atoms with Crippen molar-refractivity contribution < 1.29 is 5.11 Å². The van der Waals surface area contributed by atoms with Crippen LogP contribution < -0.4 is 5.32 Å². The number of aliphatic hydroxyl groups excluding tert-OH is 1. The van der Waals surface area contributed by atoms with Gasteiger partial charge in [-0.25, -0.2) is 0 Å². The molecule has 2 N–H and O–H groups in total. The van der Waals surface area contributed by atoms with Gasteiger partial charge >= 0.3 is 0 Å². The second kappa shape index (κ2) is 7.77. The van der Waals surface area contributed by atoms with E-state index in [1.54, 1.807) is 0 Å². The summed E-state index contributed by atoms with van der Waals surface area (Å²) in [6.45, 7) is 2.27. The number of hydrogen-bond donors (Lipinski definition) is 2. The third kappa shape index (κ3) is 4.19. The summed E-state index contributed by atoms with van der Waals surface area (Å²) in [6, 6.07) is 0.390. The number of nitrogens with zero attached hydrogens (tertiary/aromatic N) is 1. The zero-order chi connectivity index (χ0) is 14.4. The number of likely N-dealkylation sites (N-methyl/N-ethyl adjacent to an activating group) is 1. The first-order chi connectivity index (χ1) is 9.67. The van der Waals surface area contributed by atoms with Crippen molar-refractivity contribution in [2.24, 2.45) is 5.41 Å². The van der Waals surface area contributed by atoms with E-state index in [4.69, 9.17) is 0 Å². The summed E-state index contributed by atoms with van der Waals surface area (Å²) in [5.74, 6) is 0. The minimum Gasteiger partial charge on any atom is -0.391 e. The molecule has 3 heteroatoms. The second-order valence-corrected chi connectivity index (χ2v) is 7.28. The van der Waals surface area contributed by atoms with E-state index in [0.29, 0.717) is 11.5 Å². The van der Waals surface area contributed by atoms with Gasteiger partial charge in [0, 0.05) is 19.1 Å². The average Bonchev–Trinajstić information content (AvgIpc) is 2.65. The fourth-order valence-corrected chi connectivity index (χ4v) is 4.50. The van der Waals surface area contributed by atoms with Gasteiger partial charge in [-0.3, -0.25) is 0 Å². The fourth-order valence-electron chi connectivity index (χ4n) is 4.50. The lowest BCUT2D eigenvalue weighted by Crippen LogP contribution is -2.50. The molecule has 0 aliphatic heterocycles. The SMILES string of the molecule is CNCC1(CN(C)C2CCCCC2O)CCCCCC1. The number of hydrogen-bond acceptors (Lipinski definition) is 3. The van der Waals surface area contributed by atoms with Gasteiger partial charge in [-0.15, -0.1) is 0 Å². The first-order valence-corrected chi connectivity index (χ1v) is 8.70. The van der Waals surface area contributed by atoms with Crippen LogP contribution in [0.3, 0.4) is 0 Å². The highest BCUT2D eigenvalue weighted by Crippen LogP contribution is 2.36. The average molecular weight is 282 g/mol. The van der Waals surface area contributed by atoms with Crippen LogP contribution in [0.1, 0.15) is 64.2 Å². The Morgan fingerprint density at radius 2 is 1.70 bits per heavy atom. The van der Waals surface area contributed by atoms with Gasteiger partial charge in [-0.2, -0.15) is 0 Å². The maximum absolute atomic E-state index is 10.3. The van der Waals surface area contributed by atoms with Crippen molar-refractivity contribution in [3.8, 4) is 0 Å². The zero-order valence-electron chi connectivity index (χ0n) is 13.5. The molecule has 2 fully saturated rings. The van der Waals surface area contributed by atoms with Crippen LogP contribution in [0.15, 0.2) is 0 Å². The number of nitrogens with one attached hydrogen (secondary N) is 1. The van der Waals surface area contributed by atoms with E-state index < -0.39 is 0 Å². The van der Waals surface area contributed by atoms with Gasteiger partial charge in [0.05, 0.1) is 6.10 Å². The molecule has 2 aliphatic rings. The molecule has 0 amide bonds. The Hall–Kier alpha value is -0.120. The minimum absolute atomic E-state index is 0.105. The molecule has 2 atom stereocenters. The monoisotopic (exact) mass is 282 g/mol. The molecule has 20 heavy (non-hydrogen) atoms. The van der Waals surface area contributed by atoms with E-state index in [1.165, 1.54) is 57.8 Å². The van der Waals surface area contributed by atoms with Crippen LogP contribution in [-0.4, -0.2) is 49.3 Å². The van der Waals surface area contributed by atoms with E-state index in [9.17, 15) is 5.11 Å². The Bertz CT molecular complexity index is 274. The first kappa shape index (κ1) is 16.3. The van der Waals surface area contributed by atoms with E-state index in [-0.39, 0.29) is 6.10 Å². The van der Waals surface area contributed by atoms with Gasteiger partial charge in [0.25, 0.3) is 0 Å². The summed E-state index contributed by atoms with van der Waals surface area (Å²) in [6.07, 6.45) is 12.8. The van der Waals surface area contributed by atoms with Crippen LogP contribution >= 0.6 is 0 Å². The molecule has 2 unspecified atom stereocenters. The lowest BCUT2D eigenvalue weighted by atomic mass is 9.78. The zero-order valence-corrected chi connectivity index (χ0v) is 13.5. The van der Waals surface area contributed by atoms with Gasteiger partial charge in [-0.05, 0) is 45.2 Å². The summed E-state index contributed by atoms with van der Waals surface area (Å²) in [4.78, 5) is 2.48. The quantitative estimate of drug-likeness (QED) is 0.761. The summed E-state index contributed by atoms with van der Waals surface area (Å²) >= 11 is 0. The van der Waals surface area contributed by atoms with Crippen LogP contribution in [0, 0.1) is 5.41 Å². The third-order valence-corrected chi connectivity index (χ3v) is 5.56. The van der Waals surface area contributed by atoms with Crippen LogP contribution in [0.4, 0.5) is 0 Å². The number of aliphatic hydroxyl groups is 1. The van der Waals surface area contributed by atoms with Gasteiger partial charge in [-0.1, -0.05) is 38.5 Å². The highest BCUT2D eigenvalue weighted by molar-refractivity contribution is 4.90. The molecule has 0 aromatic rings. The molecule has 0 heterocycles. The van der Waals surface area contributed by atoms with E-state index in [1.807, 2.05) is 0 Å². The lowest BCUT2D eigenvalue weighted by molar-refractivity contribution is 0.00910. The normalized spacial score (nSPS) is 31.2. The predicted octanol–water partition coefficient (Wildman–Crippen LogP) is 2.78. The Balaban J connectivity index is 1.98. The molecule has 2 aliphatic carbocycles. The summed E-state index contributed by atoms with van der Waals surface area (Å²) in [5, 5.41) is 13.7. The molecule has 2 rings (SSSR count). The number of rotatable bonds is 5. The van der Waals surface area contributed by atoms with Crippen molar-refractivity contribution in [2.45, 2.75) is 76.4 Å². The lowest BCUT2D eigenvalue weighted by Gasteiger charge is -2.42. The molecule has 0 aromatic carbocycles. The minimum atomic E-state index is -0.105. The van der Waals surface area contributed by atoms with E-state index in [2.05, 4.69) is 24.3 Å². The van der Waals surface area contributed by atoms with Gasteiger partial charge in [0.1, 0.15) is 0 Å². The van der Waals surface area contributed by atoms with Crippen molar-refractivity contribution >= 4 is 0 Å². The van der Waals surface area contributed by atoms with Crippen LogP contribution in [-0.2, 0) is 0 Å². The highest BCUT2D eigenvalue weighted by Gasteiger charge is 2.35. The van der Waals surface area contributed by atoms with Crippen LogP contribution in [0.25, 0.3) is 0 Å². The van der Waals surface area contributed by atoms with E-state index in [0.717, 1.165) is 19.5 Å². The van der Waals surface area contributed by atoms with Crippen molar-refractivity contribution in [3.63, 3.8) is 0 Å². The smallest absolute Gasteiger partial charge is 0.0695 e. The van der Waals surface area contributed by atoms with Crippen molar-refractivity contribution in [2.75, 3.05) is 27.2 Å². The second-order valence-electron chi connectivity index (χ2n) is 7.28. The van der Waals surface area contributed by atoms with Gasteiger partial charge in [0.15, 0.2) is 0 Å². The fraction of sp³-hybridized carbons (Fsp3) is 1.00. The standard InChI is InChI=1S/C17H34N2O/c1-18-13-17(11-7-3-4-8-12-17)14-19(2)15-9-5-6-10-16(15)20/h15-16,18,20H,3-14H2,1-2H3. The highest BCUT2D eigenvalue weighted by atomic mass is 16.3. The molecule has 118 valence electrons. The maximum atomic E-state index is 10.3. The summed E-state index contributed by atoms with van der Waals surface area (Å²) < 4.78 is 0.